The van der Waals surface area contributed by atoms with E-state index in [0.717, 1.165) is 23.1 Å². The van der Waals surface area contributed by atoms with E-state index in [0.29, 0.717) is 47.3 Å². The number of benzene rings is 4. The highest BCUT2D eigenvalue weighted by molar-refractivity contribution is 5.88. The Kier molecular flexibility index (Phi) is 17.0. The van der Waals surface area contributed by atoms with Gasteiger partial charge in [-0.1, -0.05) is 125 Å². The van der Waals surface area contributed by atoms with E-state index in [1.165, 1.54) is 4.90 Å². The Balaban J connectivity index is 1.37. The van der Waals surface area contributed by atoms with Crippen LogP contribution >= 0.6 is 0 Å². The SMILES string of the molecule is CCCCC(=O)N(Cc1ccc(-c2ccccc2-c2nnn[nH]2)c(OC(=O)CCC(=O)N[C@H](Cc2ccc(-c3ccccc3)cc2)CC(C)C(=O)OCC)c1)[C@H](C(=O)O)C(C)C. The number of esters is 2. The maximum Gasteiger partial charge on any atom is 0.326 e. The standard InChI is InChI=1S/C48H56N6O8/c1-6-8-18-43(56)54(45(31(3)4)47(58)59)30-34-21-24-39(38-16-12-13-17-40(38)46-50-52-53-51-46)41(29-34)62-44(57)26-25-42(55)49-37(27-32(5)48(60)61-7-2)28-33-19-22-36(23-20-33)35-14-10-9-11-15-35/h9-17,19-24,29,31-32,37,45H,6-8,18,25-28,30H2,1-5H3,(H,49,55)(H,58,59)(H,50,51,52,53)/t32?,37-,45-/m0/s1. The Bertz CT molecular complexity index is 2260. The molecule has 2 amide bonds. The molecule has 1 heterocycles. The Morgan fingerprint density at radius 3 is 2.11 bits per heavy atom. The third-order valence-electron chi connectivity index (χ3n) is 10.5. The smallest absolute Gasteiger partial charge is 0.326 e. The average Bonchev–Trinajstić information content (AvgIpc) is 3.80. The van der Waals surface area contributed by atoms with Gasteiger partial charge in [0.05, 0.1) is 18.9 Å². The summed E-state index contributed by atoms with van der Waals surface area (Å²) in [5, 5.41) is 27.5. The minimum absolute atomic E-state index is 0.0425. The number of aromatic amines is 1. The molecule has 5 rings (SSSR count). The number of carbonyl (C=O) groups excluding carboxylic acids is 4. The van der Waals surface area contributed by atoms with Crippen molar-refractivity contribution in [1.82, 2.24) is 30.8 Å². The molecule has 62 heavy (non-hydrogen) atoms. The molecule has 4 aromatic carbocycles. The number of aliphatic carboxylic acids is 1. The monoisotopic (exact) mass is 844 g/mol. The Labute approximate surface area is 362 Å². The first kappa shape index (κ1) is 46.4. The van der Waals surface area contributed by atoms with Crippen molar-refractivity contribution in [2.45, 2.75) is 98.2 Å². The maximum atomic E-state index is 13.7. The highest BCUT2D eigenvalue weighted by Crippen LogP contribution is 2.37. The van der Waals surface area contributed by atoms with Crippen molar-refractivity contribution in [1.29, 1.82) is 0 Å². The number of hydrogen-bond acceptors (Lipinski definition) is 10. The van der Waals surface area contributed by atoms with Gasteiger partial charge >= 0.3 is 17.9 Å². The van der Waals surface area contributed by atoms with Crippen molar-refractivity contribution in [3.63, 3.8) is 0 Å². The summed E-state index contributed by atoms with van der Waals surface area (Å²) in [6.07, 6.45) is 1.87. The van der Waals surface area contributed by atoms with E-state index in [9.17, 15) is 29.1 Å². The normalized spacial score (nSPS) is 12.5. The number of ether oxygens (including phenoxy) is 2. The summed E-state index contributed by atoms with van der Waals surface area (Å²) in [4.78, 5) is 67.2. The predicted octanol–water partition coefficient (Wildman–Crippen LogP) is 7.83. The molecule has 1 aromatic heterocycles. The van der Waals surface area contributed by atoms with E-state index in [2.05, 4.69) is 25.9 Å². The summed E-state index contributed by atoms with van der Waals surface area (Å²) in [5.41, 5.74) is 5.41. The van der Waals surface area contributed by atoms with Gasteiger partial charge in [0.1, 0.15) is 11.8 Å². The maximum absolute atomic E-state index is 13.7. The molecule has 3 N–H and O–H groups in total. The van der Waals surface area contributed by atoms with Gasteiger partial charge in [0.25, 0.3) is 0 Å². The number of hydrogen-bond donors (Lipinski definition) is 3. The second kappa shape index (κ2) is 22.8. The van der Waals surface area contributed by atoms with Crippen molar-refractivity contribution < 1.29 is 38.6 Å². The summed E-state index contributed by atoms with van der Waals surface area (Å²) in [6, 6.07) is 28.9. The molecular formula is C48H56N6O8. The fourth-order valence-electron chi connectivity index (χ4n) is 7.40. The van der Waals surface area contributed by atoms with Gasteiger partial charge in [0, 0.05) is 36.6 Å². The number of rotatable bonds is 22. The summed E-state index contributed by atoms with van der Waals surface area (Å²) < 4.78 is 11.3. The van der Waals surface area contributed by atoms with Crippen LogP contribution in [0.2, 0.25) is 0 Å². The molecular weight excluding hydrogens is 789 g/mol. The molecule has 0 spiro atoms. The minimum Gasteiger partial charge on any atom is -0.480 e. The van der Waals surface area contributed by atoms with Gasteiger partial charge in [-0.3, -0.25) is 19.2 Å². The Morgan fingerprint density at radius 2 is 1.47 bits per heavy atom. The Hall–Kier alpha value is -6.70. The van der Waals surface area contributed by atoms with Gasteiger partial charge in [-0.15, -0.1) is 5.10 Å². The van der Waals surface area contributed by atoms with Crippen LogP contribution in [0.25, 0.3) is 33.6 Å². The molecule has 0 fully saturated rings. The first-order valence-corrected chi connectivity index (χ1v) is 21.2. The van der Waals surface area contributed by atoms with Gasteiger partial charge in [-0.2, -0.15) is 0 Å². The third-order valence-corrected chi connectivity index (χ3v) is 10.5. The van der Waals surface area contributed by atoms with E-state index in [1.54, 1.807) is 45.9 Å². The highest BCUT2D eigenvalue weighted by atomic mass is 16.5. The fourth-order valence-corrected chi connectivity index (χ4v) is 7.40. The number of carbonyl (C=O) groups is 5. The summed E-state index contributed by atoms with van der Waals surface area (Å²) in [5.74, 6) is -3.18. The van der Waals surface area contributed by atoms with Crippen LogP contribution in [0.1, 0.15) is 84.3 Å². The number of amides is 2. The largest absolute Gasteiger partial charge is 0.480 e. The van der Waals surface area contributed by atoms with Gasteiger partial charge in [-0.05, 0) is 76.4 Å². The number of tetrazole rings is 1. The van der Waals surface area contributed by atoms with Crippen molar-refractivity contribution in [2.75, 3.05) is 6.61 Å². The van der Waals surface area contributed by atoms with Crippen LogP contribution in [-0.2, 0) is 41.7 Å². The fraction of sp³-hybridized carbons (Fsp3) is 0.375. The zero-order chi connectivity index (χ0) is 44.6. The molecule has 0 aliphatic heterocycles. The molecule has 0 radical (unpaired) electrons. The average molecular weight is 845 g/mol. The molecule has 1 unspecified atom stereocenters. The topological polar surface area (TPSA) is 194 Å². The molecule has 14 heteroatoms. The molecule has 14 nitrogen and oxygen atoms in total. The van der Waals surface area contributed by atoms with Gasteiger partial charge in [-0.25, -0.2) is 9.89 Å². The van der Waals surface area contributed by atoms with Crippen molar-refractivity contribution >= 4 is 29.7 Å². The summed E-state index contributed by atoms with van der Waals surface area (Å²) in [7, 11) is 0. The number of nitrogens with one attached hydrogen (secondary N) is 2. The first-order valence-electron chi connectivity index (χ1n) is 21.2. The number of unbranched alkanes of at least 4 members (excludes halogenated alkanes) is 1. The highest BCUT2D eigenvalue weighted by Gasteiger charge is 2.32. The summed E-state index contributed by atoms with van der Waals surface area (Å²) >= 11 is 0. The molecule has 0 saturated carbocycles. The lowest BCUT2D eigenvalue weighted by molar-refractivity contribution is -0.153. The van der Waals surface area contributed by atoms with Crippen molar-refractivity contribution in [3.05, 3.63) is 108 Å². The predicted molar refractivity (Wildman–Crippen MR) is 234 cm³/mol. The number of carboxylic acids is 1. The van der Waals surface area contributed by atoms with E-state index in [-0.39, 0.29) is 56.0 Å². The minimum atomic E-state index is -1.11. The molecule has 3 atom stereocenters. The van der Waals surface area contributed by atoms with Crippen LogP contribution in [0.4, 0.5) is 0 Å². The lowest BCUT2D eigenvalue weighted by Crippen LogP contribution is -2.47. The van der Waals surface area contributed by atoms with Crippen LogP contribution in [0.15, 0.2) is 97.1 Å². The molecule has 5 aromatic rings. The number of nitrogens with zero attached hydrogens (tertiary/aromatic N) is 4. The van der Waals surface area contributed by atoms with Crippen LogP contribution < -0.4 is 10.1 Å². The van der Waals surface area contributed by atoms with E-state index in [4.69, 9.17) is 9.47 Å². The van der Waals surface area contributed by atoms with Crippen LogP contribution in [0.5, 0.6) is 5.75 Å². The number of H-pyrrole nitrogens is 1. The first-order chi connectivity index (χ1) is 29.9. The second-order valence-electron chi connectivity index (χ2n) is 15.7. The zero-order valence-corrected chi connectivity index (χ0v) is 36.0. The lowest BCUT2D eigenvalue weighted by Gasteiger charge is -2.32. The van der Waals surface area contributed by atoms with Crippen LogP contribution in [0, 0.1) is 11.8 Å². The van der Waals surface area contributed by atoms with Gasteiger partial charge in [0.2, 0.25) is 11.8 Å². The number of aromatic nitrogens is 4. The van der Waals surface area contributed by atoms with E-state index < -0.39 is 35.8 Å². The Morgan fingerprint density at radius 1 is 0.790 bits per heavy atom. The van der Waals surface area contributed by atoms with Gasteiger partial charge < -0.3 is 24.8 Å². The quantitative estimate of drug-likeness (QED) is 0.0454. The zero-order valence-electron chi connectivity index (χ0n) is 36.0. The van der Waals surface area contributed by atoms with Gasteiger partial charge in [0.15, 0.2) is 5.82 Å². The van der Waals surface area contributed by atoms with E-state index in [1.807, 2.05) is 85.8 Å². The lowest BCUT2D eigenvalue weighted by atomic mass is 9.94. The number of carboxylic acid groups (broad SMARTS) is 1. The van der Waals surface area contributed by atoms with Crippen molar-refractivity contribution in [3.8, 4) is 39.4 Å². The second-order valence-corrected chi connectivity index (χ2v) is 15.7. The van der Waals surface area contributed by atoms with Crippen molar-refractivity contribution in [2.24, 2.45) is 11.8 Å². The summed E-state index contributed by atoms with van der Waals surface area (Å²) in [6.45, 7) is 9.18. The third kappa shape index (κ3) is 12.9. The molecule has 0 aliphatic rings. The molecule has 0 bridgehead atoms. The molecule has 326 valence electrons. The van der Waals surface area contributed by atoms with Crippen LogP contribution in [-0.4, -0.2) is 79.0 Å². The van der Waals surface area contributed by atoms with Crippen LogP contribution in [0.3, 0.4) is 0 Å². The molecule has 0 aliphatic carbocycles. The van der Waals surface area contributed by atoms with E-state index >= 15 is 0 Å². The molecule has 0 saturated heterocycles.